The Morgan fingerprint density at radius 3 is 2.41 bits per heavy atom. The van der Waals surface area contributed by atoms with E-state index < -0.39 is 0 Å². The number of rotatable bonds is 2. The Labute approximate surface area is 169 Å². The minimum absolute atomic E-state index is 0.0948. The van der Waals surface area contributed by atoms with Gasteiger partial charge in [-0.3, -0.25) is 14.0 Å². The van der Waals surface area contributed by atoms with Crippen LogP contribution in [-0.4, -0.2) is 19.3 Å². The van der Waals surface area contributed by atoms with Gasteiger partial charge in [0.05, 0.1) is 33.5 Å². The lowest BCUT2D eigenvalue weighted by molar-refractivity contribution is 0.731. The molecule has 2 heterocycles. The van der Waals surface area contributed by atoms with Crippen molar-refractivity contribution in [2.75, 3.05) is 0 Å². The van der Waals surface area contributed by atoms with E-state index in [4.69, 9.17) is 4.98 Å². The summed E-state index contributed by atoms with van der Waals surface area (Å²) in [5.74, 6) is 7.15. The van der Waals surface area contributed by atoms with Gasteiger partial charge in [-0.1, -0.05) is 43.0 Å². The number of nitrogens with zero attached hydrogens (tertiary/aromatic N) is 4. The highest BCUT2D eigenvalue weighted by Crippen LogP contribution is 2.17. The Balaban J connectivity index is 1.98. The van der Waals surface area contributed by atoms with E-state index in [-0.39, 0.29) is 5.56 Å². The van der Waals surface area contributed by atoms with Crippen LogP contribution in [0.3, 0.4) is 0 Å². The van der Waals surface area contributed by atoms with Gasteiger partial charge < -0.3 is 0 Å². The third-order valence-corrected chi connectivity index (χ3v) is 5.13. The molecule has 0 saturated heterocycles. The van der Waals surface area contributed by atoms with Crippen molar-refractivity contribution in [2.45, 2.75) is 27.2 Å². The van der Waals surface area contributed by atoms with Gasteiger partial charge in [-0.25, -0.2) is 4.98 Å². The fraction of sp³-hybridized carbons (Fsp3) is 0.208. The van der Waals surface area contributed by atoms with Gasteiger partial charge in [0, 0.05) is 19.0 Å². The Morgan fingerprint density at radius 2 is 1.76 bits per heavy atom. The first kappa shape index (κ1) is 18.7. The van der Waals surface area contributed by atoms with Gasteiger partial charge in [-0.05, 0) is 38.1 Å². The van der Waals surface area contributed by atoms with E-state index in [2.05, 4.69) is 16.9 Å². The number of hydrogen-bond acceptors (Lipinski definition) is 3. The predicted molar refractivity (Wildman–Crippen MR) is 115 cm³/mol. The molecule has 29 heavy (non-hydrogen) atoms. The van der Waals surface area contributed by atoms with Gasteiger partial charge in [-0.2, -0.15) is 5.10 Å². The summed E-state index contributed by atoms with van der Waals surface area (Å²) in [4.78, 5) is 18.3. The zero-order valence-electron chi connectivity index (χ0n) is 17.0. The first-order valence-electron chi connectivity index (χ1n) is 9.63. The number of aromatic nitrogens is 4. The molecule has 0 spiro atoms. The molecule has 0 saturated carbocycles. The molecular weight excluding hydrogens is 360 g/mol. The lowest BCUT2D eigenvalue weighted by Gasteiger charge is -2.13. The number of aryl methyl sites for hydroxylation is 3. The van der Waals surface area contributed by atoms with Crippen LogP contribution in [0.4, 0.5) is 0 Å². The molecule has 2 aromatic heterocycles. The molecule has 0 N–H and O–H groups in total. The normalized spacial score (nSPS) is 10.8. The Hall–Kier alpha value is -3.65. The van der Waals surface area contributed by atoms with Crippen molar-refractivity contribution in [2.24, 2.45) is 7.05 Å². The summed E-state index contributed by atoms with van der Waals surface area (Å²) in [7, 11) is 1.90. The molecule has 0 bridgehead atoms. The number of fused-ring (bicyclic) bond motifs is 1. The topological polar surface area (TPSA) is 52.7 Å². The van der Waals surface area contributed by atoms with E-state index in [1.807, 2.05) is 81.0 Å². The monoisotopic (exact) mass is 382 g/mol. The van der Waals surface area contributed by atoms with Gasteiger partial charge in [0.1, 0.15) is 5.82 Å². The van der Waals surface area contributed by atoms with Crippen LogP contribution in [0.15, 0.2) is 53.3 Å². The van der Waals surface area contributed by atoms with E-state index in [0.717, 1.165) is 28.5 Å². The summed E-state index contributed by atoms with van der Waals surface area (Å²) in [5.41, 5.74) is 4.84. The SMILES string of the molecule is CCc1nc2cccc(C#Cc3c(C)nn(C)c3C)c2c(=O)n1-c1ccccc1. The summed E-state index contributed by atoms with van der Waals surface area (Å²) >= 11 is 0. The molecular formula is C24H22N4O. The van der Waals surface area contributed by atoms with Gasteiger partial charge in [0.2, 0.25) is 0 Å². The standard InChI is InChI=1S/C24H22N4O/c1-5-22-25-21-13-9-10-18(14-15-20-16(2)26-27(4)17(20)3)23(21)24(29)28(22)19-11-7-6-8-12-19/h6-13H,5H2,1-4H3. The highest BCUT2D eigenvalue weighted by Gasteiger charge is 2.14. The summed E-state index contributed by atoms with van der Waals surface area (Å²) in [6.45, 7) is 5.94. The zero-order chi connectivity index (χ0) is 20.5. The second kappa shape index (κ2) is 7.40. The highest BCUT2D eigenvalue weighted by atomic mass is 16.1. The molecule has 5 heteroatoms. The lowest BCUT2D eigenvalue weighted by Crippen LogP contribution is -2.24. The Bertz CT molecular complexity index is 1330. The second-order valence-electron chi connectivity index (χ2n) is 6.98. The molecule has 0 aliphatic rings. The van der Waals surface area contributed by atoms with Gasteiger partial charge in [0.15, 0.2) is 0 Å². The quantitative estimate of drug-likeness (QED) is 0.497. The molecule has 0 radical (unpaired) electrons. The van der Waals surface area contributed by atoms with Crippen molar-refractivity contribution in [1.29, 1.82) is 0 Å². The molecule has 4 aromatic rings. The van der Waals surface area contributed by atoms with E-state index in [9.17, 15) is 4.79 Å². The average molecular weight is 382 g/mol. The number of benzene rings is 2. The molecule has 2 aromatic carbocycles. The highest BCUT2D eigenvalue weighted by molar-refractivity contribution is 5.85. The van der Waals surface area contributed by atoms with Crippen LogP contribution in [-0.2, 0) is 13.5 Å². The lowest BCUT2D eigenvalue weighted by atomic mass is 10.1. The van der Waals surface area contributed by atoms with Crippen molar-refractivity contribution in [3.8, 4) is 17.5 Å². The maximum atomic E-state index is 13.5. The van der Waals surface area contributed by atoms with Crippen molar-refractivity contribution in [3.63, 3.8) is 0 Å². The first-order valence-corrected chi connectivity index (χ1v) is 9.63. The minimum atomic E-state index is -0.0948. The van der Waals surface area contributed by atoms with Crippen molar-refractivity contribution in [1.82, 2.24) is 19.3 Å². The second-order valence-corrected chi connectivity index (χ2v) is 6.98. The molecule has 0 aliphatic heterocycles. The van der Waals surface area contributed by atoms with Crippen molar-refractivity contribution in [3.05, 3.63) is 87.2 Å². The van der Waals surface area contributed by atoms with E-state index in [1.54, 1.807) is 4.57 Å². The summed E-state index contributed by atoms with van der Waals surface area (Å²) < 4.78 is 3.51. The molecule has 0 atom stereocenters. The van der Waals surface area contributed by atoms with Crippen molar-refractivity contribution < 1.29 is 0 Å². The van der Waals surface area contributed by atoms with Crippen LogP contribution < -0.4 is 5.56 Å². The molecule has 0 aliphatic carbocycles. The van der Waals surface area contributed by atoms with Crippen molar-refractivity contribution >= 4 is 10.9 Å². The smallest absolute Gasteiger partial charge is 0.267 e. The predicted octanol–water partition coefficient (Wildman–Crippen LogP) is 3.70. The van der Waals surface area contributed by atoms with Crippen LogP contribution in [0.25, 0.3) is 16.6 Å². The van der Waals surface area contributed by atoms with Crippen LogP contribution in [0, 0.1) is 25.7 Å². The zero-order valence-corrected chi connectivity index (χ0v) is 17.0. The molecule has 0 amide bonds. The van der Waals surface area contributed by atoms with Crippen LogP contribution >= 0.6 is 0 Å². The maximum Gasteiger partial charge on any atom is 0.267 e. The summed E-state index contributed by atoms with van der Waals surface area (Å²) in [6.07, 6.45) is 0.657. The van der Waals surface area contributed by atoms with Gasteiger partial charge in [0.25, 0.3) is 5.56 Å². The van der Waals surface area contributed by atoms with Crippen LogP contribution in [0.2, 0.25) is 0 Å². The minimum Gasteiger partial charge on any atom is -0.271 e. The number of hydrogen-bond donors (Lipinski definition) is 0. The molecule has 4 rings (SSSR count). The Morgan fingerprint density at radius 1 is 1.00 bits per heavy atom. The van der Waals surface area contributed by atoms with Gasteiger partial charge >= 0.3 is 0 Å². The molecule has 0 unspecified atom stereocenters. The maximum absolute atomic E-state index is 13.5. The van der Waals surface area contributed by atoms with Crippen LogP contribution in [0.1, 0.15) is 35.3 Å². The first-order chi connectivity index (χ1) is 14.0. The average Bonchev–Trinajstić information content (AvgIpc) is 2.97. The van der Waals surface area contributed by atoms with Gasteiger partial charge in [-0.15, -0.1) is 0 Å². The molecule has 5 nitrogen and oxygen atoms in total. The van der Waals surface area contributed by atoms with E-state index in [1.165, 1.54) is 0 Å². The molecule has 144 valence electrons. The third-order valence-electron chi connectivity index (χ3n) is 5.13. The number of para-hydroxylation sites is 1. The fourth-order valence-electron chi connectivity index (χ4n) is 3.55. The molecule has 0 fully saturated rings. The summed E-state index contributed by atoms with van der Waals surface area (Å²) in [5, 5.41) is 4.96. The van der Waals surface area contributed by atoms with E-state index >= 15 is 0 Å². The fourth-order valence-corrected chi connectivity index (χ4v) is 3.55. The van der Waals surface area contributed by atoms with Crippen LogP contribution in [0.5, 0.6) is 0 Å². The largest absolute Gasteiger partial charge is 0.271 e. The third kappa shape index (κ3) is 3.23. The Kier molecular flexibility index (Phi) is 4.77. The summed E-state index contributed by atoms with van der Waals surface area (Å²) in [6, 6.07) is 15.3. The van der Waals surface area contributed by atoms with E-state index in [0.29, 0.717) is 22.9 Å².